The van der Waals surface area contributed by atoms with Gasteiger partial charge in [-0.15, -0.1) is 0 Å². The fourth-order valence-electron chi connectivity index (χ4n) is 1.39. The number of nitrogens with zero attached hydrogens (tertiary/aromatic N) is 1. The standard InChI is InChI=1S/C12H18N4O3/c1-2-4-14-10(17)3-5-15-11-9(13)6-8(7-16-11)12(18)19/h6-7H,2-5,13H2,1H3,(H,14,17)(H,15,16)(H,18,19). The summed E-state index contributed by atoms with van der Waals surface area (Å²) in [6.07, 6.45) is 2.42. The molecule has 7 heteroatoms. The summed E-state index contributed by atoms with van der Waals surface area (Å²) in [5, 5.41) is 14.4. The van der Waals surface area contributed by atoms with Crippen LogP contribution in [-0.4, -0.2) is 35.1 Å². The Balaban J connectivity index is 2.45. The average molecular weight is 266 g/mol. The van der Waals surface area contributed by atoms with Gasteiger partial charge >= 0.3 is 5.97 Å². The number of nitrogen functional groups attached to an aromatic ring is 1. The van der Waals surface area contributed by atoms with E-state index in [1.54, 1.807) is 0 Å². The van der Waals surface area contributed by atoms with Gasteiger partial charge in [-0.05, 0) is 12.5 Å². The summed E-state index contributed by atoms with van der Waals surface area (Å²) in [6.45, 7) is 3.03. The summed E-state index contributed by atoms with van der Waals surface area (Å²) in [4.78, 5) is 25.9. The Kier molecular flexibility index (Phi) is 5.59. The van der Waals surface area contributed by atoms with Crippen LogP contribution in [0.1, 0.15) is 30.1 Å². The Morgan fingerprint density at radius 1 is 1.42 bits per heavy atom. The van der Waals surface area contributed by atoms with Crippen molar-refractivity contribution in [3.63, 3.8) is 0 Å². The highest BCUT2D eigenvalue weighted by atomic mass is 16.4. The van der Waals surface area contributed by atoms with Crippen LogP contribution in [0.15, 0.2) is 12.3 Å². The molecule has 1 rings (SSSR count). The van der Waals surface area contributed by atoms with Crippen molar-refractivity contribution in [2.45, 2.75) is 19.8 Å². The summed E-state index contributed by atoms with van der Waals surface area (Å²) in [5.74, 6) is -0.743. The van der Waals surface area contributed by atoms with Gasteiger partial charge in [0.05, 0.1) is 11.3 Å². The van der Waals surface area contributed by atoms with Gasteiger partial charge in [-0.2, -0.15) is 0 Å². The summed E-state index contributed by atoms with van der Waals surface area (Å²) >= 11 is 0. The number of carbonyl (C=O) groups is 2. The van der Waals surface area contributed by atoms with E-state index in [9.17, 15) is 9.59 Å². The third-order valence-corrected chi connectivity index (χ3v) is 2.38. The van der Waals surface area contributed by atoms with Gasteiger partial charge in [0.15, 0.2) is 0 Å². The number of rotatable bonds is 7. The van der Waals surface area contributed by atoms with Crippen molar-refractivity contribution in [2.75, 3.05) is 24.1 Å². The first-order valence-electron chi connectivity index (χ1n) is 6.04. The lowest BCUT2D eigenvalue weighted by Crippen LogP contribution is -2.26. The number of pyridine rings is 1. The second-order valence-corrected chi connectivity index (χ2v) is 3.99. The monoisotopic (exact) mass is 266 g/mol. The lowest BCUT2D eigenvalue weighted by Gasteiger charge is -2.08. The highest BCUT2D eigenvalue weighted by Crippen LogP contribution is 2.16. The number of aromatic carboxylic acids is 1. The maximum atomic E-state index is 11.3. The van der Waals surface area contributed by atoms with Gasteiger partial charge in [0, 0.05) is 25.7 Å². The summed E-state index contributed by atoms with van der Waals surface area (Å²) in [5.41, 5.74) is 5.94. The number of carbonyl (C=O) groups excluding carboxylic acids is 1. The van der Waals surface area contributed by atoms with Crippen LogP contribution in [-0.2, 0) is 4.79 Å². The van der Waals surface area contributed by atoms with Gasteiger partial charge < -0.3 is 21.5 Å². The van der Waals surface area contributed by atoms with Crippen LogP contribution in [0.5, 0.6) is 0 Å². The number of hydrogen-bond donors (Lipinski definition) is 4. The number of anilines is 2. The molecule has 0 atom stereocenters. The van der Waals surface area contributed by atoms with E-state index in [4.69, 9.17) is 10.8 Å². The number of nitrogens with one attached hydrogen (secondary N) is 2. The zero-order valence-electron chi connectivity index (χ0n) is 10.8. The molecule has 1 aromatic heterocycles. The zero-order chi connectivity index (χ0) is 14.3. The largest absolute Gasteiger partial charge is 0.478 e. The van der Waals surface area contributed by atoms with Crippen molar-refractivity contribution in [3.8, 4) is 0 Å². The van der Waals surface area contributed by atoms with Crippen LogP contribution in [0.3, 0.4) is 0 Å². The molecule has 19 heavy (non-hydrogen) atoms. The first-order chi connectivity index (χ1) is 9.04. The van der Waals surface area contributed by atoms with Gasteiger partial charge in [0.1, 0.15) is 5.82 Å². The molecule has 0 saturated carbocycles. The Bertz CT molecular complexity index is 462. The molecular weight excluding hydrogens is 248 g/mol. The van der Waals surface area contributed by atoms with Crippen LogP contribution < -0.4 is 16.4 Å². The van der Waals surface area contributed by atoms with Crippen LogP contribution in [0, 0.1) is 0 Å². The predicted molar refractivity (Wildman–Crippen MR) is 72.0 cm³/mol. The van der Waals surface area contributed by atoms with Gasteiger partial charge in [0.2, 0.25) is 5.91 Å². The minimum Gasteiger partial charge on any atom is -0.478 e. The predicted octanol–water partition coefficient (Wildman–Crippen LogP) is 0.690. The number of hydrogen-bond acceptors (Lipinski definition) is 5. The number of amides is 1. The SMILES string of the molecule is CCCNC(=O)CCNc1ncc(C(=O)O)cc1N. The molecule has 104 valence electrons. The van der Waals surface area contributed by atoms with Crippen molar-refractivity contribution in [2.24, 2.45) is 0 Å². The third kappa shape index (κ3) is 4.82. The van der Waals surface area contributed by atoms with Gasteiger partial charge in [-0.3, -0.25) is 4.79 Å². The van der Waals surface area contributed by atoms with Crippen LogP contribution >= 0.6 is 0 Å². The average Bonchev–Trinajstić information content (AvgIpc) is 2.38. The summed E-state index contributed by atoms with van der Waals surface area (Å²) in [6, 6.07) is 1.33. The molecule has 0 aliphatic carbocycles. The van der Waals surface area contributed by atoms with Crippen molar-refractivity contribution < 1.29 is 14.7 Å². The van der Waals surface area contributed by atoms with E-state index < -0.39 is 5.97 Å². The fourth-order valence-corrected chi connectivity index (χ4v) is 1.39. The first kappa shape index (κ1) is 14.7. The molecule has 0 unspecified atom stereocenters. The lowest BCUT2D eigenvalue weighted by atomic mass is 10.2. The molecule has 0 spiro atoms. The summed E-state index contributed by atoms with van der Waals surface area (Å²) in [7, 11) is 0. The maximum absolute atomic E-state index is 11.3. The van der Waals surface area contributed by atoms with Gasteiger partial charge in [0.25, 0.3) is 0 Å². The lowest BCUT2D eigenvalue weighted by molar-refractivity contribution is -0.120. The molecule has 1 aromatic rings. The summed E-state index contributed by atoms with van der Waals surface area (Å²) < 4.78 is 0. The molecule has 1 heterocycles. The molecule has 1 amide bonds. The Morgan fingerprint density at radius 2 is 2.16 bits per heavy atom. The smallest absolute Gasteiger partial charge is 0.337 e. The highest BCUT2D eigenvalue weighted by Gasteiger charge is 2.08. The van der Waals surface area contributed by atoms with Gasteiger partial charge in [-0.1, -0.05) is 6.92 Å². The zero-order valence-corrected chi connectivity index (χ0v) is 10.8. The third-order valence-electron chi connectivity index (χ3n) is 2.38. The highest BCUT2D eigenvalue weighted by molar-refractivity contribution is 5.89. The van der Waals surface area contributed by atoms with Gasteiger partial charge in [-0.25, -0.2) is 9.78 Å². The Hall–Kier alpha value is -2.31. The normalized spacial score (nSPS) is 9.95. The van der Waals surface area contributed by atoms with Crippen LogP contribution in [0.4, 0.5) is 11.5 Å². The molecule has 0 aromatic carbocycles. The van der Waals surface area contributed by atoms with Crippen molar-refractivity contribution in [1.82, 2.24) is 10.3 Å². The number of carboxylic acids is 1. The molecule has 0 fully saturated rings. The van der Waals surface area contributed by atoms with Crippen molar-refractivity contribution in [3.05, 3.63) is 17.8 Å². The van der Waals surface area contributed by atoms with Crippen molar-refractivity contribution in [1.29, 1.82) is 0 Å². The Morgan fingerprint density at radius 3 is 2.74 bits per heavy atom. The quantitative estimate of drug-likeness (QED) is 0.577. The van der Waals surface area contributed by atoms with Crippen LogP contribution in [0.25, 0.3) is 0 Å². The molecule has 0 aliphatic rings. The van der Waals surface area contributed by atoms with E-state index in [2.05, 4.69) is 15.6 Å². The second-order valence-electron chi connectivity index (χ2n) is 3.99. The number of nitrogens with two attached hydrogens (primary N) is 1. The van der Waals surface area contributed by atoms with E-state index in [1.165, 1.54) is 12.3 Å². The fraction of sp³-hybridized carbons (Fsp3) is 0.417. The number of aromatic nitrogens is 1. The Labute approximate surface area is 111 Å². The molecule has 7 nitrogen and oxygen atoms in total. The molecule has 5 N–H and O–H groups in total. The van der Waals surface area contributed by atoms with E-state index in [-0.39, 0.29) is 17.2 Å². The van der Waals surface area contributed by atoms with E-state index in [1.807, 2.05) is 6.92 Å². The van der Waals surface area contributed by atoms with E-state index in [0.717, 1.165) is 6.42 Å². The van der Waals surface area contributed by atoms with Crippen molar-refractivity contribution >= 4 is 23.4 Å². The second kappa shape index (κ2) is 7.20. The molecule has 0 aliphatic heterocycles. The topological polar surface area (TPSA) is 117 Å². The van der Waals surface area contributed by atoms with E-state index in [0.29, 0.717) is 25.3 Å². The minimum atomic E-state index is -1.08. The molecule has 0 bridgehead atoms. The molecular formula is C12H18N4O3. The maximum Gasteiger partial charge on any atom is 0.337 e. The van der Waals surface area contributed by atoms with E-state index >= 15 is 0 Å². The molecule has 0 saturated heterocycles. The molecule has 0 radical (unpaired) electrons. The van der Waals surface area contributed by atoms with Crippen LogP contribution in [0.2, 0.25) is 0 Å². The minimum absolute atomic E-state index is 0.0312. The first-order valence-corrected chi connectivity index (χ1v) is 6.04. The number of carboxylic acid groups (broad SMARTS) is 1.